The number of hydrogen-bond donors (Lipinski definition) is 1. The van der Waals surface area contributed by atoms with Gasteiger partial charge in [0.2, 0.25) is 0 Å². The molecule has 0 radical (unpaired) electrons. The molecule has 4 heterocycles. The summed E-state index contributed by atoms with van der Waals surface area (Å²) in [7, 11) is 2.14. The summed E-state index contributed by atoms with van der Waals surface area (Å²) >= 11 is 0. The van der Waals surface area contributed by atoms with Gasteiger partial charge in [0.1, 0.15) is 23.5 Å². The topological polar surface area (TPSA) is 73.8 Å². The fourth-order valence-electron chi connectivity index (χ4n) is 3.83. The van der Waals surface area contributed by atoms with Gasteiger partial charge in [-0.25, -0.2) is 19.9 Å². The first-order valence-corrected chi connectivity index (χ1v) is 9.30. The zero-order chi connectivity index (χ0) is 17.7. The van der Waals surface area contributed by atoms with Gasteiger partial charge in [-0.1, -0.05) is 0 Å². The Hall–Kier alpha value is -2.70. The van der Waals surface area contributed by atoms with Crippen LogP contribution in [0.5, 0.6) is 0 Å². The van der Waals surface area contributed by atoms with Gasteiger partial charge in [-0.2, -0.15) is 0 Å². The molecule has 2 fully saturated rings. The molecular formula is C19H23N7. The van der Waals surface area contributed by atoms with E-state index in [1.165, 1.54) is 12.8 Å². The Morgan fingerprint density at radius 3 is 2.92 bits per heavy atom. The number of nitrogens with zero attached hydrogens (tertiary/aromatic N) is 6. The summed E-state index contributed by atoms with van der Waals surface area (Å²) in [6.45, 7) is 3.97. The molecule has 1 aliphatic heterocycles. The molecule has 2 aliphatic rings. The zero-order valence-corrected chi connectivity index (χ0v) is 15.2. The highest BCUT2D eigenvalue weighted by Gasteiger charge is 2.30. The SMILES string of the molecule is Cc1cc2ncnc(N3CCC(N(C)c4ccnc(C5CC5)n4)C3)c2[nH]1. The molecule has 7 heteroatoms. The minimum atomic E-state index is 0.415. The second kappa shape index (κ2) is 5.93. The van der Waals surface area contributed by atoms with Crippen molar-refractivity contribution in [1.82, 2.24) is 24.9 Å². The molecule has 26 heavy (non-hydrogen) atoms. The van der Waals surface area contributed by atoms with E-state index in [1.807, 2.05) is 12.3 Å². The molecule has 0 spiro atoms. The van der Waals surface area contributed by atoms with Gasteiger partial charge in [0.05, 0.1) is 5.52 Å². The van der Waals surface area contributed by atoms with Gasteiger partial charge in [0, 0.05) is 44.0 Å². The third-order valence-electron chi connectivity index (χ3n) is 5.51. The molecule has 3 aromatic heterocycles. The van der Waals surface area contributed by atoms with Crippen molar-refractivity contribution >= 4 is 22.7 Å². The van der Waals surface area contributed by atoms with Crippen LogP contribution in [0.4, 0.5) is 11.6 Å². The van der Waals surface area contributed by atoms with Crippen molar-refractivity contribution in [2.75, 3.05) is 29.9 Å². The number of H-pyrrole nitrogens is 1. The van der Waals surface area contributed by atoms with E-state index in [9.17, 15) is 0 Å². The molecule has 0 amide bonds. The van der Waals surface area contributed by atoms with Crippen molar-refractivity contribution in [3.8, 4) is 0 Å². The van der Waals surface area contributed by atoms with Crippen LogP contribution in [0.15, 0.2) is 24.7 Å². The van der Waals surface area contributed by atoms with E-state index in [0.29, 0.717) is 12.0 Å². The number of fused-ring (bicyclic) bond motifs is 1. The molecular weight excluding hydrogens is 326 g/mol. The second-order valence-electron chi connectivity index (χ2n) is 7.46. The fourth-order valence-corrected chi connectivity index (χ4v) is 3.83. The number of rotatable bonds is 4. The van der Waals surface area contributed by atoms with Crippen LogP contribution in [0.3, 0.4) is 0 Å². The molecule has 1 N–H and O–H groups in total. The maximum atomic E-state index is 4.79. The second-order valence-corrected chi connectivity index (χ2v) is 7.46. The standard InChI is InChI=1S/C19H23N7/c1-12-9-15-17(23-12)19(22-11-21-15)26-8-6-14(10-26)25(2)16-5-7-20-18(24-16)13-3-4-13/h5,7,9,11,13-14,23H,3-4,6,8,10H2,1-2H3. The van der Waals surface area contributed by atoms with Crippen molar-refractivity contribution in [2.45, 2.75) is 38.1 Å². The molecule has 134 valence electrons. The monoisotopic (exact) mass is 349 g/mol. The van der Waals surface area contributed by atoms with Crippen molar-refractivity contribution in [3.63, 3.8) is 0 Å². The van der Waals surface area contributed by atoms with E-state index in [0.717, 1.165) is 53.7 Å². The van der Waals surface area contributed by atoms with E-state index in [2.05, 4.69) is 49.8 Å². The summed E-state index contributed by atoms with van der Waals surface area (Å²) in [5.74, 6) is 3.61. The van der Waals surface area contributed by atoms with E-state index < -0.39 is 0 Å². The fraction of sp³-hybridized carbons (Fsp3) is 0.474. The molecule has 1 atom stereocenters. The molecule has 0 aromatic carbocycles. The number of hydrogen-bond acceptors (Lipinski definition) is 6. The Labute approximate surface area is 152 Å². The third-order valence-corrected chi connectivity index (χ3v) is 5.51. The minimum Gasteiger partial charge on any atom is -0.355 e. The lowest BCUT2D eigenvalue weighted by atomic mass is 10.2. The maximum Gasteiger partial charge on any atom is 0.156 e. The van der Waals surface area contributed by atoms with Crippen molar-refractivity contribution in [3.05, 3.63) is 36.2 Å². The van der Waals surface area contributed by atoms with Crippen molar-refractivity contribution < 1.29 is 0 Å². The first-order valence-electron chi connectivity index (χ1n) is 9.30. The number of anilines is 2. The van der Waals surface area contributed by atoms with E-state index in [-0.39, 0.29) is 0 Å². The predicted molar refractivity (Wildman–Crippen MR) is 102 cm³/mol. The summed E-state index contributed by atoms with van der Waals surface area (Å²) in [5, 5.41) is 0. The van der Waals surface area contributed by atoms with Gasteiger partial charge in [-0.15, -0.1) is 0 Å². The minimum absolute atomic E-state index is 0.415. The van der Waals surface area contributed by atoms with Crippen LogP contribution >= 0.6 is 0 Å². The van der Waals surface area contributed by atoms with Gasteiger partial charge in [-0.05, 0) is 38.3 Å². The smallest absolute Gasteiger partial charge is 0.156 e. The Balaban J connectivity index is 1.37. The molecule has 1 aliphatic carbocycles. The highest BCUT2D eigenvalue weighted by molar-refractivity contribution is 5.86. The van der Waals surface area contributed by atoms with Crippen LogP contribution in [0.2, 0.25) is 0 Å². The van der Waals surface area contributed by atoms with Crippen LogP contribution in [0.25, 0.3) is 11.0 Å². The number of likely N-dealkylation sites (N-methyl/N-ethyl adjacent to an activating group) is 1. The Kier molecular flexibility index (Phi) is 3.55. The summed E-state index contributed by atoms with van der Waals surface area (Å²) in [6.07, 6.45) is 7.10. The highest BCUT2D eigenvalue weighted by atomic mass is 15.3. The van der Waals surface area contributed by atoms with Gasteiger partial charge in [-0.3, -0.25) is 0 Å². The van der Waals surface area contributed by atoms with Crippen LogP contribution in [-0.4, -0.2) is 51.1 Å². The molecule has 1 saturated carbocycles. The lowest BCUT2D eigenvalue weighted by Crippen LogP contribution is -2.35. The van der Waals surface area contributed by atoms with Gasteiger partial charge < -0.3 is 14.8 Å². The number of aryl methyl sites for hydroxylation is 1. The number of aromatic nitrogens is 5. The van der Waals surface area contributed by atoms with Gasteiger partial charge >= 0.3 is 0 Å². The summed E-state index contributed by atoms with van der Waals surface area (Å²) in [5.41, 5.74) is 3.13. The maximum absolute atomic E-state index is 4.79. The molecule has 1 unspecified atom stereocenters. The molecule has 3 aromatic rings. The van der Waals surface area contributed by atoms with Gasteiger partial charge in [0.15, 0.2) is 5.82 Å². The van der Waals surface area contributed by atoms with Crippen molar-refractivity contribution in [1.29, 1.82) is 0 Å². The van der Waals surface area contributed by atoms with E-state index in [4.69, 9.17) is 4.98 Å². The largest absolute Gasteiger partial charge is 0.355 e. The average Bonchev–Trinajstić information content (AvgIpc) is 3.27. The van der Waals surface area contributed by atoms with Crippen LogP contribution < -0.4 is 9.80 Å². The first kappa shape index (κ1) is 15.5. The molecule has 5 rings (SSSR count). The Morgan fingerprint density at radius 1 is 1.19 bits per heavy atom. The molecule has 1 saturated heterocycles. The van der Waals surface area contributed by atoms with Crippen molar-refractivity contribution in [2.24, 2.45) is 0 Å². The quantitative estimate of drug-likeness (QED) is 0.780. The summed E-state index contributed by atoms with van der Waals surface area (Å²) in [6, 6.07) is 4.50. The Morgan fingerprint density at radius 2 is 2.08 bits per heavy atom. The van der Waals surface area contributed by atoms with E-state index in [1.54, 1.807) is 6.33 Å². The number of aromatic amines is 1. The predicted octanol–water partition coefficient (Wildman–Crippen LogP) is 2.65. The highest BCUT2D eigenvalue weighted by Crippen LogP contribution is 2.38. The normalized spacial score (nSPS) is 20.1. The first-order chi connectivity index (χ1) is 12.7. The summed E-state index contributed by atoms with van der Waals surface area (Å²) < 4.78 is 0. The van der Waals surface area contributed by atoms with Crippen LogP contribution in [0, 0.1) is 6.92 Å². The summed E-state index contributed by atoms with van der Waals surface area (Å²) in [4.78, 5) is 26.2. The zero-order valence-electron chi connectivity index (χ0n) is 15.2. The average molecular weight is 349 g/mol. The van der Waals surface area contributed by atoms with E-state index >= 15 is 0 Å². The molecule has 7 nitrogen and oxygen atoms in total. The lowest BCUT2D eigenvalue weighted by molar-refractivity contribution is 0.679. The third kappa shape index (κ3) is 2.67. The lowest BCUT2D eigenvalue weighted by Gasteiger charge is -2.26. The number of nitrogens with one attached hydrogen (secondary N) is 1. The Bertz CT molecular complexity index is 946. The van der Waals surface area contributed by atoms with Crippen LogP contribution in [0.1, 0.15) is 36.7 Å². The van der Waals surface area contributed by atoms with Gasteiger partial charge in [0.25, 0.3) is 0 Å². The van der Waals surface area contributed by atoms with Crippen LogP contribution in [-0.2, 0) is 0 Å². The molecule has 0 bridgehead atoms.